The highest BCUT2D eigenvalue weighted by Gasteiger charge is 2.02. The fourth-order valence-corrected chi connectivity index (χ4v) is 1.65. The standard InChI is InChI=1S/C13H17N5O/c1-18-10(7-8-16-18)9-15-13(14)17-11-5-3-4-6-12(11)19-2/h3-8H,9H2,1-2H3,(H3,14,15,17). The number of nitrogens with two attached hydrogens (primary N) is 1. The Morgan fingerprint density at radius 1 is 1.42 bits per heavy atom. The van der Waals surface area contributed by atoms with E-state index in [1.807, 2.05) is 37.4 Å². The highest BCUT2D eigenvalue weighted by molar-refractivity contribution is 5.93. The number of guanidine groups is 1. The molecular formula is C13H17N5O. The topological polar surface area (TPSA) is 77.5 Å². The third-order valence-electron chi connectivity index (χ3n) is 2.70. The van der Waals surface area contributed by atoms with Crippen LogP contribution in [-0.4, -0.2) is 22.8 Å². The van der Waals surface area contributed by atoms with Crippen LogP contribution in [0.3, 0.4) is 0 Å². The van der Waals surface area contributed by atoms with Gasteiger partial charge in [0.25, 0.3) is 0 Å². The summed E-state index contributed by atoms with van der Waals surface area (Å²) in [5, 5.41) is 7.09. The minimum absolute atomic E-state index is 0.339. The van der Waals surface area contributed by atoms with Crippen molar-refractivity contribution in [2.45, 2.75) is 6.54 Å². The molecular weight excluding hydrogens is 242 g/mol. The molecule has 100 valence electrons. The van der Waals surface area contributed by atoms with Gasteiger partial charge in [-0.1, -0.05) is 12.1 Å². The Hall–Kier alpha value is -2.50. The maximum atomic E-state index is 5.85. The summed E-state index contributed by atoms with van der Waals surface area (Å²) in [5.74, 6) is 1.06. The summed E-state index contributed by atoms with van der Waals surface area (Å²) in [5.41, 5.74) is 7.63. The van der Waals surface area contributed by atoms with Crippen LogP contribution in [0, 0.1) is 0 Å². The number of anilines is 1. The van der Waals surface area contributed by atoms with Crippen molar-refractivity contribution in [2.75, 3.05) is 12.4 Å². The number of benzene rings is 1. The first-order valence-electron chi connectivity index (χ1n) is 5.87. The van der Waals surface area contributed by atoms with Crippen molar-refractivity contribution in [1.82, 2.24) is 9.78 Å². The number of nitrogens with zero attached hydrogens (tertiary/aromatic N) is 3. The quantitative estimate of drug-likeness (QED) is 0.642. The molecule has 2 aromatic rings. The maximum Gasteiger partial charge on any atom is 0.193 e. The molecule has 2 rings (SSSR count). The van der Waals surface area contributed by atoms with E-state index < -0.39 is 0 Å². The van der Waals surface area contributed by atoms with Crippen LogP contribution in [0.15, 0.2) is 41.5 Å². The van der Waals surface area contributed by atoms with Gasteiger partial charge in [-0.3, -0.25) is 4.68 Å². The molecule has 19 heavy (non-hydrogen) atoms. The molecule has 0 atom stereocenters. The van der Waals surface area contributed by atoms with Crippen molar-refractivity contribution in [2.24, 2.45) is 17.8 Å². The lowest BCUT2D eigenvalue weighted by Gasteiger charge is -2.10. The van der Waals surface area contributed by atoms with Crippen LogP contribution < -0.4 is 15.8 Å². The lowest BCUT2D eigenvalue weighted by molar-refractivity contribution is 0.417. The van der Waals surface area contributed by atoms with E-state index in [2.05, 4.69) is 15.4 Å². The van der Waals surface area contributed by atoms with E-state index in [1.54, 1.807) is 18.0 Å². The Bertz CT molecular complexity index is 576. The number of hydrogen-bond acceptors (Lipinski definition) is 3. The van der Waals surface area contributed by atoms with Gasteiger partial charge in [-0.05, 0) is 18.2 Å². The van der Waals surface area contributed by atoms with E-state index in [4.69, 9.17) is 10.5 Å². The maximum absolute atomic E-state index is 5.85. The van der Waals surface area contributed by atoms with Gasteiger partial charge in [-0.15, -0.1) is 0 Å². The fourth-order valence-electron chi connectivity index (χ4n) is 1.65. The second-order valence-corrected chi connectivity index (χ2v) is 3.97. The van der Waals surface area contributed by atoms with Crippen molar-refractivity contribution in [3.63, 3.8) is 0 Å². The summed E-state index contributed by atoms with van der Waals surface area (Å²) < 4.78 is 6.99. The van der Waals surface area contributed by atoms with Crippen LogP contribution in [-0.2, 0) is 13.6 Å². The lowest BCUT2D eigenvalue weighted by Crippen LogP contribution is -2.23. The Morgan fingerprint density at radius 2 is 2.21 bits per heavy atom. The van der Waals surface area contributed by atoms with Crippen molar-refractivity contribution >= 4 is 11.6 Å². The lowest BCUT2D eigenvalue weighted by atomic mass is 10.3. The fraction of sp³-hybridized carbons (Fsp3) is 0.231. The average molecular weight is 259 g/mol. The van der Waals surface area contributed by atoms with E-state index in [0.29, 0.717) is 12.5 Å². The van der Waals surface area contributed by atoms with Gasteiger partial charge in [0.05, 0.1) is 25.0 Å². The van der Waals surface area contributed by atoms with Crippen LogP contribution in [0.25, 0.3) is 0 Å². The Morgan fingerprint density at radius 3 is 2.89 bits per heavy atom. The van der Waals surface area contributed by atoms with E-state index in [0.717, 1.165) is 17.1 Å². The van der Waals surface area contributed by atoms with E-state index in [-0.39, 0.29) is 0 Å². The van der Waals surface area contributed by atoms with Crippen LogP contribution in [0.4, 0.5) is 5.69 Å². The Balaban J connectivity index is 2.04. The van der Waals surface area contributed by atoms with Crippen molar-refractivity contribution < 1.29 is 4.74 Å². The predicted molar refractivity (Wildman–Crippen MR) is 75.2 cm³/mol. The minimum Gasteiger partial charge on any atom is -0.495 e. The molecule has 0 saturated heterocycles. The molecule has 1 heterocycles. The van der Waals surface area contributed by atoms with E-state index >= 15 is 0 Å². The molecule has 3 N–H and O–H groups in total. The van der Waals surface area contributed by atoms with Crippen molar-refractivity contribution in [1.29, 1.82) is 0 Å². The first-order valence-corrected chi connectivity index (χ1v) is 5.87. The van der Waals surface area contributed by atoms with Crippen molar-refractivity contribution in [3.05, 3.63) is 42.2 Å². The van der Waals surface area contributed by atoms with Crippen LogP contribution in [0.5, 0.6) is 5.75 Å². The number of aliphatic imine (C=N–C) groups is 1. The highest BCUT2D eigenvalue weighted by atomic mass is 16.5. The smallest absolute Gasteiger partial charge is 0.193 e. The first-order chi connectivity index (χ1) is 9.20. The third-order valence-corrected chi connectivity index (χ3v) is 2.70. The normalized spacial score (nSPS) is 11.4. The summed E-state index contributed by atoms with van der Waals surface area (Å²) >= 11 is 0. The zero-order chi connectivity index (χ0) is 13.7. The highest BCUT2D eigenvalue weighted by Crippen LogP contribution is 2.22. The Kier molecular flexibility index (Phi) is 4.02. The molecule has 0 amide bonds. The second kappa shape index (κ2) is 5.90. The average Bonchev–Trinajstić information content (AvgIpc) is 2.82. The van der Waals surface area contributed by atoms with Gasteiger partial charge in [0.15, 0.2) is 5.96 Å². The second-order valence-electron chi connectivity index (χ2n) is 3.97. The third kappa shape index (κ3) is 3.25. The van der Waals surface area contributed by atoms with Gasteiger partial charge < -0.3 is 15.8 Å². The van der Waals surface area contributed by atoms with Gasteiger partial charge >= 0.3 is 0 Å². The largest absolute Gasteiger partial charge is 0.495 e. The monoisotopic (exact) mass is 259 g/mol. The summed E-state index contributed by atoms with van der Waals surface area (Å²) in [6.07, 6.45) is 1.73. The molecule has 0 radical (unpaired) electrons. The predicted octanol–water partition coefficient (Wildman–Crippen LogP) is 1.36. The molecule has 0 unspecified atom stereocenters. The SMILES string of the molecule is COc1ccccc1NC(N)=NCc1ccnn1C. The number of ether oxygens (including phenoxy) is 1. The molecule has 0 aliphatic rings. The van der Waals surface area contributed by atoms with E-state index in [1.165, 1.54) is 0 Å². The van der Waals surface area contributed by atoms with Gasteiger partial charge in [0.1, 0.15) is 5.75 Å². The first kappa shape index (κ1) is 12.9. The molecule has 0 spiro atoms. The van der Waals surface area contributed by atoms with Crippen LogP contribution in [0.2, 0.25) is 0 Å². The molecule has 1 aromatic carbocycles. The summed E-state index contributed by atoms with van der Waals surface area (Å²) in [4.78, 5) is 4.27. The number of para-hydroxylation sites is 2. The molecule has 6 heteroatoms. The van der Waals surface area contributed by atoms with Gasteiger partial charge in [0.2, 0.25) is 0 Å². The summed E-state index contributed by atoms with van der Waals surface area (Å²) in [7, 11) is 3.48. The summed E-state index contributed by atoms with van der Waals surface area (Å²) in [6.45, 7) is 0.477. The molecule has 0 saturated carbocycles. The van der Waals surface area contributed by atoms with Crippen LogP contribution in [0.1, 0.15) is 5.69 Å². The van der Waals surface area contributed by atoms with Gasteiger partial charge in [0, 0.05) is 13.2 Å². The van der Waals surface area contributed by atoms with E-state index in [9.17, 15) is 0 Å². The molecule has 0 fully saturated rings. The van der Waals surface area contributed by atoms with Crippen LogP contribution >= 0.6 is 0 Å². The van der Waals surface area contributed by atoms with Gasteiger partial charge in [-0.25, -0.2) is 4.99 Å². The van der Waals surface area contributed by atoms with Crippen molar-refractivity contribution in [3.8, 4) is 5.75 Å². The number of aromatic nitrogens is 2. The number of hydrogen-bond donors (Lipinski definition) is 2. The van der Waals surface area contributed by atoms with Gasteiger partial charge in [-0.2, -0.15) is 5.10 Å². The molecule has 0 aliphatic carbocycles. The zero-order valence-corrected chi connectivity index (χ0v) is 11.0. The molecule has 0 aliphatic heterocycles. The number of aryl methyl sites for hydroxylation is 1. The minimum atomic E-state index is 0.339. The molecule has 0 bridgehead atoms. The molecule has 1 aromatic heterocycles. The Labute approximate surface area is 111 Å². The number of methoxy groups -OCH3 is 1. The molecule has 6 nitrogen and oxygen atoms in total. The summed E-state index contributed by atoms with van der Waals surface area (Å²) in [6, 6.07) is 9.44. The number of nitrogens with one attached hydrogen (secondary N) is 1. The number of rotatable bonds is 4. The zero-order valence-electron chi connectivity index (χ0n) is 11.0.